The third-order valence-electron chi connectivity index (χ3n) is 5.10. The average Bonchev–Trinajstić information content (AvgIpc) is 3.12. The van der Waals surface area contributed by atoms with Crippen molar-refractivity contribution in [1.82, 2.24) is 9.78 Å². The van der Waals surface area contributed by atoms with Crippen molar-refractivity contribution in [2.45, 2.75) is 32.7 Å². The molecule has 0 bridgehead atoms. The van der Waals surface area contributed by atoms with Crippen LogP contribution in [0.2, 0.25) is 5.02 Å². The molecule has 4 rings (SSSR count). The second kappa shape index (κ2) is 6.91. The van der Waals surface area contributed by atoms with E-state index in [0.29, 0.717) is 10.7 Å². The van der Waals surface area contributed by atoms with Crippen LogP contribution in [-0.2, 0) is 9.59 Å². The van der Waals surface area contributed by atoms with Crippen LogP contribution in [-0.4, -0.2) is 21.6 Å². The molecule has 0 radical (unpaired) electrons. The molecule has 2 atom stereocenters. The number of rotatable bonds is 3. The van der Waals surface area contributed by atoms with E-state index in [1.165, 1.54) is 4.90 Å². The first-order chi connectivity index (χ1) is 13.4. The number of halogens is 1. The number of hydrogen-bond acceptors (Lipinski definition) is 3. The fourth-order valence-electron chi connectivity index (χ4n) is 3.77. The number of benzene rings is 2. The Kier molecular flexibility index (Phi) is 4.55. The van der Waals surface area contributed by atoms with Crippen LogP contribution in [0.5, 0.6) is 0 Å². The van der Waals surface area contributed by atoms with Gasteiger partial charge in [0, 0.05) is 10.7 Å². The van der Waals surface area contributed by atoms with Crippen LogP contribution in [0.25, 0.3) is 0 Å². The van der Waals surface area contributed by atoms with Crippen LogP contribution < -0.4 is 4.90 Å². The quantitative estimate of drug-likeness (QED) is 0.621. The number of aromatic nitrogens is 2. The van der Waals surface area contributed by atoms with Gasteiger partial charge in [-0.05, 0) is 56.7 Å². The van der Waals surface area contributed by atoms with Gasteiger partial charge in [-0.1, -0.05) is 41.4 Å². The minimum atomic E-state index is -0.733. The van der Waals surface area contributed by atoms with Crippen molar-refractivity contribution in [2.24, 2.45) is 0 Å². The normalized spacial score (nSPS) is 19.5. The van der Waals surface area contributed by atoms with Gasteiger partial charge >= 0.3 is 0 Å². The fourth-order valence-corrected chi connectivity index (χ4v) is 3.90. The molecular formula is C22H20ClN3O2. The molecule has 0 aliphatic carbocycles. The Morgan fingerprint density at radius 3 is 2.11 bits per heavy atom. The van der Waals surface area contributed by atoms with Gasteiger partial charge in [-0.15, -0.1) is 0 Å². The van der Waals surface area contributed by atoms with Crippen LogP contribution in [0.3, 0.4) is 0 Å². The number of aryl methyl sites for hydroxylation is 3. The van der Waals surface area contributed by atoms with Gasteiger partial charge < -0.3 is 0 Å². The van der Waals surface area contributed by atoms with Crippen molar-refractivity contribution < 1.29 is 9.59 Å². The molecule has 1 aromatic heterocycles. The summed E-state index contributed by atoms with van der Waals surface area (Å²) in [5.41, 5.74) is 4.03. The summed E-state index contributed by atoms with van der Waals surface area (Å²) >= 11 is 6.02. The number of nitrogens with zero attached hydrogens (tertiary/aromatic N) is 3. The second-order valence-corrected chi connectivity index (χ2v) is 7.63. The van der Waals surface area contributed by atoms with E-state index in [4.69, 9.17) is 11.6 Å². The first-order valence-electron chi connectivity index (χ1n) is 9.09. The number of amides is 2. The van der Waals surface area contributed by atoms with Crippen LogP contribution in [0.15, 0.2) is 54.6 Å². The highest BCUT2D eigenvalue weighted by Crippen LogP contribution is 2.41. The molecule has 1 aliphatic heterocycles. The average molecular weight is 394 g/mol. The Hall–Kier alpha value is -2.92. The van der Waals surface area contributed by atoms with Crippen molar-refractivity contribution in [3.8, 4) is 0 Å². The zero-order valence-corrected chi connectivity index (χ0v) is 16.6. The molecule has 0 saturated carbocycles. The highest BCUT2D eigenvalue weighted by Gasteiger charge is 2.51. The molecule has 0 unspecified atom stereocenters. The first-order valence-corrected chi connectivity index (χ1v) is 9.47. The summed E-state index contributed by atoms with van der Waals surface area (Å²) < 4.78 is 1.67. The van der Waals surface area contributed by atoms with Crippen LogP contribution >= 0.6 is 11.6 Å². The topological polar surface area (TPSA) is 55.2 Å². The van der Waals surface area contributed by atoms with Crippen molar-refractivity contribution in [1.29, 1.82) is 0 Å². The summed E-state index contributed by atoms with van der Waals surface area (Å²) in [7, 11) is 0. The molecule has 1 fully saturated rings. The third-order valence-corrected chi connectivity index (χ3v) is 5.36. The number of carbonyl (C=O) groups excluding carboxylic acids is 2. The van der Waals surface area contributed by atoms with E-state index in [1.54, 1.807) is 41.1 Å². The zero-order chi connectivity index (χ0) is 20.0. The molecule has 28 heavy (non-hydrogen) atoms. The highest BCUT2D eigenvalue weighted by molar-refractivity contribution is 6.30. The van der Waals surface area contributed by atoms with E-state index >= 15 is 0 Å². The van der Waals surface area contributed by atoms with Crippen LogP contribution in [0.1, 0.15) is 34.5 Å². The zero-order valence-electron chi connectivity index (χ0n) is 15.9. The fraction of sp³-hybridized carbons (Fsp3) is 0.227. The molecule has 2 aromatic carbocycles. The SMILES string of the molecule is Cc1ccc(N2C(=O)[C@H](c3ccc(Cl)cc3)[C@@H](n3nc(C)cc3C)C2=O)cc1. The monoisotopic (exact) mass is 393 g/mol. The number of hydrogen-bond donors (Lipinski definition) is 0. The number of carbonyl (C=O) groups is 2. The van der Waals surface area contributed by atoms with Gasteiger partial charge in [0.2, 0.25) is 5.91 Å². The predicted molar refractivity (Wildman–Crippen MR) is 109 cm³/mol. The maximum absolute atomic E-state index is 13.4. The van der Waals surface area contributed by atoms with Crippen LogP contribution in [0, 0.1) is 20.8 Å². The number of imide groups is 1. The van der Waals surface area contributed by atoms with Gasteiger partial charge in [-0.2, -0.15) is 5.10 Å². The van der Waals surface area contributed by atoms with Gasteiger partial charge in [-0.3, -0.25) is 14.3 Å². The van der Waals surface area contributed by atoms with Gasteiger partial charge in [0.05, 0.1) is 17.3 Å². The van der Waals surface area contributed by atoms with E-state index in [9.17, 15) is 9.59 Å². The highest BCUT2D eigenvalue weighted by atomic mass is 35.5. The first kappa shape index (κ1) is 18.4. The Labute approximate surface area is 168 Å². The molecule has 5 nitrogen and oxygen atoms in total. The predicted octanol–water partition coefficient (Wildman–Crippen LogP) is 4.36. The summed E-state index contributed by atoms with van der Waals surface area (Å²) in [5.74, 6) is -1.20. The van der Waals surface area contributed by atoms with Crippen LogP contribution in [0.4, 0.5) is 5.69 Å². The van der Waals surface area contributed by atoms with Crippen molar-refractivity contribution in [2.75, 3.05) is 4.90 Å². The molecule has 1 aliphatic rings. The molecule has 1 saturated heterocycles. The Balaban J connectivity index is 1.86. The largest absolute Gasteiger partial charge is 0.273 e. The lowest BCUT2D eigenvalue weighted by molar-refractivity contribution is -0.122. The van der Waals surface area contributed by atoms with E-state index in [-0.39, 0.29) is 11.8 Å². The molecule has 0 N–H and O–H groups in total. The molecular weight excluding hydrogens is 374 g/mol. The molecule has 2 heterocycles. The maximum Gasteiger partial charge on any atom is 0.259 e. The maximum atomic E-state index is 13.4. The Morgan fingerprint density at radius 2 is 1.54 bits per heavy atom. The minimum Gasteiger partial charge on any atom is -0.273 e. The van der Waals surface area contributed by atoms with E-state index < -0.39 is 12.0 Å². The Morgan fingerprint density at radius 1 is 0.893 bits per heavy atom. The van der Waals surface area contributed by atoms with E-state index in [0.717, 1.165) is 22.5 Å². The van der Waals surface area contributed by atoms with Gasteiger partial charge in [0.15, 0.2) is 0 Å². The minimum absolute atomic E-state index is 0.256. The smallest absolute Gasteiger partial charge is 0.259 e. The summed E-state index contributed by atoms with van der Waals surface area (Å²) in [6.45, 7) is 5.73. The lowest BCUT2D eigenvalue weighted by Gasteiger charge is -2.17. The summed E-state index contributed by atoms with van der Waals surface area (Å²) in [6, 6.07) is 15.6. The summed E-state index contributed by atoms with van der Waals surface area (Å²) in [4.78, 5) is 28.1. The summed E-state index contributed by atoms with van der Waals surface area (Å²) in [6.07, 6.45) is 0. The Bertz CT molecular complexity index is 1050. The van der Waals surface area contributed by atoms with Crippen molar-refractivity contribution >= 4 is 29.1 Å². The molecule has 6 heteroatoms. The lowest BCUT2D eigenvalue weighted by atomic mass is 9.93. The molecule has 3 aromatic rings. The second-order valence-electron chi connectivity index (χ2n) is 7.19. The third kappa shape index (κ3) is 3.02. The summed E-state index contributed by atoms with van der Waals surface area (Å²) in [5, 5.41) is 5.09. The lowest BCUT2D eigenvalue weighted by Crippen LogP contribution is -2.31. The molecule has 2 amide bonds. The number of anilines is 1. The van der Waals surface area contributed by atoms with Gasteiger partial charge in [-0.25, -0.2) is 4.90 Å². The van der Waals surface area contributed by atoms with E-state index in [2.05, 4.69) is 5.10 Å². The van der Waals surface area contributed by atoms with Crippen molar-refractivity contribution in [3.63, 3.8) is 0 Å². The van der Waals surface area contributed by atoms with Gasteiger partial charge in [0.1, 0.15) is 6.04 Å². The van der Waals surface area contributed by atoms with Crippen molar-refractivity contribution in [3.05, 3.63) is 82.1 Å². The van der Waals surface area contributed by atoms with E-state index in [1.807, 2.05) is 39.0 Å². The standard InChI is InChI=1S/C22H20ClN3O2/c1-13-4-10-18(11-5-13)25-21(27)19(16-6-8-17(23)9-7-16)20(22(25)28)26-15(3)12-14(2)24-26/h4-12,19-20H,1-3H3/t19-,20-/m1/s1. The molecule has 0 spiro atoms. The molecule has 142 valence electrons. The van der Waals surface area contributed by atoms with Gasteiger partial charge in [0.25, 0.3) is 5.91 Å².